The predicted octanol–water partition coefficient (Wildman–Crippen LogP) is 2.23. The molecule has 27 heavy (non-hydrogen) atoms. The van der Waals surface area contributed by atoms with Gasteiger partial charge in [-0.2, -0.15) is 0 Å². The monoisotopic (exact) mass is 389 g/mol. The Balaban J connectivity index is 2.18. The molecule has 8 heteroatoms. The van der Waals surface area contributed by atoms with Gasteiger partial charge in [-0.3, -0.25) is 13.9 Å². The highest BCUT2D eigenvalue weighted by Gasteiger charge is 2.21. The lowest BCUT2D eigenvalue weighted by atomic mass is 10.1. The zero-order valence-corrected chi connectivity index (χ0v) is 16.1. The van der Waals surface area contributed by atoms with Crippen molar-refractivity contribution in [2.75, 3.05) is 29.0 Å². The van der Waals surface area contributed by atoms with E-state index < -0.39 is 22.5 Å². The van der Waals surface area contributed by atoms with E-state index in [1.165, 1.54) is 0 Å². The number of benzene rings is 2. The van der Waals surface area contributed by atoms with Gasteiger partial charge in [0.2, 0.25) is 15.9 Å². The minimum atomic E-state index is -3.65. The molecule has 0 aliphatic carbocycles. The number of sulfonamides is 1. The molecule has 0 unspecified atom stereocenters. The Morgan fingerprint density at radius 2 is 1.63 bits per heavy atom. The summed E-state index contributed by atoms with van der Waals surface area (Å²) in [6, 6.07) is 15.0. The highest BCUT2D eigenvalue weighted by Crippen LogP contribution is 2.18. The van der Waals surface area contributed by atoms with E-state index in [2.05, 4.69) is 10.6 Å². The van der Waals surface area contributed by atoms with Gasteiger partial charge in [0.15, 0.2) is 0 Å². The van der Waals surface area contributed by atoms with E-state index in [9.17, 15) is 18.0 Å². The van der Waals surface area contributed by atoms with E-state index in [4.69, 9.17) is 0 Å². The van der Waals surface area contributed by atoms with Gasteiger partial charge in [-0.05, 0) is 30.7 Å². The molecule has 0 radical (unpaired) electrons. The molecule has 0 saturated heterocycles. The molecule has 0 bridgehead atoms. The van der Waals surface area contributed by atoms with E-state index in [1.807, 2.05) is 6.92 Å². The number of para-hydroxylation sites is 2. The van der Waals surface area contributed by atoms with Crippen LogP contribution in [0.25, 0.3) is 0 Å². The highest BCUT2D eigenvalue weighted by molar-refractivity contribution is 7.92. The second-order valence-electron chi connectivity index (χ2n) is 5.95. The van der Waals surface area contributed by atoms with Crippen LogP contribution in [0.2, 0.25) is 0 Å². The van der Waals surface area contributed by atoms with E-state index in [-0.39, 0.29) is 5.91 Å². The van der Waals surface area contributed by atoms with Crippen LogP contribution in [0.1, 0.15) is 23.7 Å². The first-order chi connectivity index (χ1) is 12.8. The summed E-state index contributed by atoms with van der Waals surface area (Å²) in [6.07, 6.45) is 1.83. The van der Waals surface area contributed by atoms with Gasteiger partial charge in [0.25, 0.3) is 5.91 Å². The van der Waals surface area contributed by atoms with E-state index in [0.717, 1.165) is 17.0 Å². The third kappa shape index (κ3) is 5.82. The SMILES string of the molecule is CCCNC(=O)c1ccccc1NC(=O)CN(c1ccccc1)S(C)(=O)=O. The van der Waals surface area contributed by atoms with Crippen molar-refractivity contribution in [3.63, 3.8) is 0 Å². The molecule has 0 aromatic heterocycles. The molecule has 0 heterocycles. The summed E-state index contributed by atoms with van der Waals surface area (Å²) in [6.45, 7) is 2.07. The lowest BCUT2D eigenvalue weighted by Gasteiger charge is -2.22. The fraction of sp³-hybridized carbons (Fsp3) is 0.263. The van der Waals surface area contributed by atoms with Gasteiger partial charge in [-0.15, -0.1) is 0 Å². The summed E-state index contributed by atoms with van der Waals surface area (Å²) < 4.78 is 25.2. The minimum Gasteiger partial charge on any atom is -0.352 e. The van der Waals surface area contributed by atoms with E-state index in [0.29, 0.717) is 23.5 Å². The number of hydrogen-bond donors (Lipinski definition) is 2. The van der Waals surface area contributed by atoms with Crippen molar-refractivity contribution in [1.29, 1.82) is 0 Å². The molecular formula is C19H23N3O4S. The molecule has 2 aromatic carbocycles. The first kappa shape index (κ1) is 20.4. The van der Waals surface area contributed by atoms with Crippen molar-refractivity contribution in [3.05, 3.63) is 60.2 Å². The van der Waals surface area contributed by atoms with Crippen LogP contribution in [0.4, 0.5) is 11.4 Å². The smallest absolute Gasteiger partial charge is 0.253 e. The average Bonchev–Trinajstić information content (AvgIpc) is 2.64. The first-order valence-electron chi connectivity index (χ1n) is 8.52. The molecule has 0 aliphatic heterocycles. The average molecular weight is 389 g/mol. The third-order valence-electron chi connectivity index (χ3n) is 3.71. The number of amides is 2. The zero-order chi connectivity index (χ0) is 19.9. The Hall–Kier alpha value is -2.87. The van der Waals surface area contributed by atoms with E-state index in [1.54, 1.807) is 54.6 Å². The molecule has 2 aromatic rings. The van der Waals surface area contributed by atoms with Crippen molar-refractivity contribution >= 4 is 33.2 Å². The fourth-order valence-electron chi connectivity index (χ4n) is 2.44. The number of hydrogen-bond acceptors (Lipinski definition) is 4. The maximum Gasteiger partial charge on any atom is 0.253 e. The molecule has 144 valence electrons. The summed E-state index contributed by atoms with van der Waals surface area (Å²) in [5, 5.41) is 5.39. The Kier molecular flexibility index (Phi) is 6.95. The molecule has 0 atom stereocenters. The predicted molar refractivity (Wildman–Crippen MR) is 106 cm³/mol. The molecule has 0 saturated carbocycles. The minimum absolute atomic E-state index is 0.296. The van der Waals surface area contributed by atoms with Crippen molar-refractivity contribution in [3.8, 4) is 0 Å². The summed E-state index contributed by atoms with van der Waals surface area (Å²) in [7, 11) is -3.65. The zero-order valence-electron chi connectivity index (χ0n) is 15.3. The number of carbonyl (C=O) groups excluding carboxylic acids is 2. The summed E-state index contributed by atoms with van der Waals surface area (Å²) in [5.41, 5.74) is 1.05. The molecule has 2 amide bonds. The Bertz CT molecular complexity index is 898. The largest absolute Gasteiger partial charge is 0.352 e. The standard InChI is InChI=1S/C19H23N3O4S/c1-3-13-20-19(24)16-11-7-8-12-17(16)21-18(23)14-22(27(2,25)26)15-9-5-4-6-10-15/h4-12H,3,13-14H2,1-2H3,(H,20,24)(H,21,23). The Morgan fingerprint density at radius 3 is 2.26 bits per heavy atom. The van der Waals surface area contributed by atoms with Crippen LogP contribution in [-0.4, -0.2) is 39.6 Å². The maximum atomic E-state index is 12.5. The molecule has 2 N–H and O–H groups in total. The molecule has 0 fully saturated rings. The van der Waals surface area contributed by atoms with Crippen LogP contribution in [0, 0.1) is 0 Å². The van der Waals surface area contributed by atoms with Crippen LogP contribution in [-0.2, 0) is 14.8 Å². The third-order valence-corrected chi connectivity index (χ3v) is 4.85. The number of rotatable bonds is 8. The fourth-order valence-corrected chi connectivity index (χ4v) is 3.29. The normalized spacial score (nSPS) is 10.9. The second kappa shape index (κ2) is 9.18. The van der Waals surface area contributed by atoms with Crippen molar-refractivity contribution in [1.82, 2.24) is 5.32 Å². The van der Waals surface area contributed by atoms with Crippen molar-refractivity contribution in [2.24, 2.45) is 0 Å². The quantitative estimate of drug-likeness (QED) is 0.724. The first-order valence-corrected chi connectivity index (χ1v) is 10.4. The number of anilines is 2. The van der Waals surface area contributed by atoms with Gasteiger partial charge in [0.05, 0.1) is 23.2 Å². The van der Waals surface area contributed by atoms with Crippen LogP contribution in [0.5, 0.6) is 0 Å². The number of nitrogens with zero attached hydrogens (tertiary/aromatic N) is 1. The van der Waals surface area contributed by atoms with Gasteiger partial charge in [-0.1, -0.05) is 37.3 Å². The topological polar surface area (TPSA) is 95.6 Å². The number of carbonyl (C=O) groups is 2. The molecule has 7 nitrogen and oxygen atoms in total. The van der Waals surface area contributed by atoms with Crippen molar-refractivity contribution in [2.45, 2.75) is 13.3 Å². The lowest BCUT2D eigenvalue weighted by molar-refractivity contribution is -0.114. The molecule has 0 aliphatic rings. The van der Waals surface area contributed by atoms with Gasteiger partial charge in [0, 0.05) is 6.54 Å². The molecule has 2 rings (SSSR count). The number of nitrogens with one attached hydrogen (secondary N) is 2. The molecular weight excluding hydrogens is 366 g/mol. The van der Waals surface area contributed by atoms with Crippen LogP contribution >= 0.6 is 0 Å². The second-order valence-corrected chi connectivity index (χ2v) is 7.86. The summed E-state index contributed by atoms with van der Waals surface area (Å²) in [4.78, 5) is 24.7. The molecule has 0 spiro atoms. The van der Waals surface area contributed by atoms with Crippen LogP contribution in [0.3, 0.4) is 0 Å². The lowest BCUT2D eigenvalue weighted by Crippen LogP contribution is -2.37. The summed E-state index contributed by atoms with van der Waals surface area (Å²) in [5.74, 6) is -0.837. The van der Waals surface area contributed by atoms with Gasteiger partial charge >= 0.3 is 0 Å². The highest BCUT2D eigenvalue weighted by atomic mass is 32.2. The Morgan fingerprint density at radius 1 is 1.00 bits per heavy atom. The van der Waals surface area contributed by atoms with Gasteiger partial charge < -0.3 is 10.6 Å². The van der Waals surface area contributed by atoms with Gasteiger partial charge in [0.1, 0.15) is 6.54 Å². The van der Waals surface area contributed by atoms with Crippen molar-refractivity contribution < 1.29 is 18.0 Å². The maximum absolute atomic E-state index is 12.5. The van der Waals surface area contributed by atoms with Crippen LogP contribution in [0.15, 0.2) is 54.6 Å². The van der Waals surface area contributed by atoms with Crippen LogP contribution < -0.4 is 14.9 Å². The summed E-state index contributed by atoms with van der Waals surface area (Å²) >= 11 is 0. The Labute approximate surface area is 159 Å². The van der Waals surface area contributed by atoms with E-state index >= 15 is 0 Å². The van der Waals surface area contributed by atoms with Gasteiger partial charge in [-0.25, -0.2) is 8.42 Å².